The van der Waals surface area contributed by atoms with Crippen LogP contribution < -0.4 is 9.47 Å². The van der Waals surface area contributed by atoms with E-state index in [1.807, 2.05) is 36.4 Å². The van der Waals surface area contributed by atoms with Crippen LogP contribution in [0.4, 0.5) is 0 Å². The highest BCUT2D eigenvalue weighted by Gasteiger charge is 2.01. The van der Waals surface area contributed by atoms with E-state index in [2.05, 4.69) is 72.8 Å². The van der Waals surface area contributed by atoms with Crippen LogP contribution in [0.1, 0.15) is 22.3 Å². The summed E-state index contributed by atoms with van der Waals surface area (Å²) in [5, 5.41) is 0. The molecule has 0 heterocycles. The zero-order chi connectivity index (χ0) is 20.4. The molecule has 0 aromatic heterocycles. The zero-order valence-electron chi connectivity index (χ0n) is 17.0. The molecule has 4 aromatic rings. The highest BCUT2D eigenvalue weighted by molar-refractivity contribution is 5.31. The van der Waals surface area contributed by atoms with Gasteiger partial charge in [0.05, 0.1) is 0 Å². The molecule has 0 aliphatic carbocycles. The van der Waals surface area contributed by atoms with Crippen LogP contribution in [0.3, 0.4) is 0 Å². The molecular formula is C28H26O2. The summed E-state index contributed by atoms with van der Waals surface area (Å²) in [7, 11) is 0. The van der Waals surface area contributed by atoms with Crippen molar-refractivity contribution in [3.63, 3.8) is 0 Å². The molecule has 4 rings (SSSR count). The minimum atomic E-state index is 0.596. The first-order valence-corrected chi connectivity index (χ1v) is 10.4. The van der Waals surface area contributed by atoms with Crippen LogP contribution in [-0.4, -0.2) is 0 Å². The predicted octanol–water partition coefficient (Wildman–Crippen LogP) is 6.63. The predicted molar refractivity (Wildman–Crippen MR) is 122 cm³/mol. The Hall–Kier alpha value is -3.52. The average Bonchev–Trinajstić information content (AvgIpc) is 2.83. The minimum Gasteiger partial charge on any atom is -0.489 e. The van der Waals surface area contributed by atoms with Gasteiger partial charge in [-0.1, -0.05) is 84.9 Å². The van der Waals surface area contributed by atoms with Gasteiger partial charge in [-0.05, 0) is 59.4 Å². The zero-order valence-corrected chi connectivity index (χ0v) is 17.0. The maximum atomic E-state index is 5.86. The lowest BCUT2D eigenvalue weighted by Crippen LogP contribution is -1.96. The van der Waals surface area contributed by atoms with Gasteiger partial charge < -0.3 is 9.47 Å². The monoisotopic (exact) mass is 394 g/mol. The number of hydrogen-bond acceptors (Lipinski definition) is 2. The molecule has 0 spiro atoms. The van der Waals surface area contributed by atoms with Gasteiger partial charge in [-0.15, -0.1) is 0 Å². The van der Waals surface area contributed by atoms with Crippen molar-refractivity contribution in [2.45, 2.75) is 26.1 Å². The van der Waals surface area contributed by atoms with Gasteiger partial charge in [0.25, 0.3) is 0 Å². The Morgan fingerprint density at radius 1 is 0.367 bits per heavy atom. The molecule has 4 aromatic carbocycles. The van der Waals surface area contributed by atoms with E-state index in [0.29, 0.717) is 13.2 Å². The molecule has 0 bridgehead atoms. The third-order valence-electron chi connectivity index (χ3n) is 5.05. The lowest BCUT2D eigenvalue weighted by atomic mass is 10.0. The molecule has 30 heavy (non-hydrogen) atoms. The standard InChI is InChI=1S/C28H26O2/c1-3-7-25(8-4-1)21-29-27-17-13-23(14-18-27)11-12-24-15-19-28(20-16-24)30-22-26-9-5-2-6-10-26/h1-10,13-20H,11-12,21-22H2. The second-order valence-corrected chi connectivity index (χ2v) is 7.34. The van der Waals surface area contributed by atoms with E-state index in [9.17, 15) is 0 Å². The molecule has 0 saturated carbocycles. The van der Waals surface area contributed by atoms with Crippen LogP contribution >= 0.6 is 0 Å². The molecule has 2 heteroatoms. The van der Waals surface area contributed by atoms with Crippen molar-refractivity contribution in [1.82, 2.24) is 0 Å². The summed E-state index contributed by atoms with van der Waals surface area (Å²) in [6.45, 7) is 1.19. The molecule has 0 unspecified atom stereocenters. The van der Waals surface area contributed by atoms with Crippen molar-refractivity contribution in [1.29, 1.82) is 0 Å². The van der Waals surface area contributed by atoms with Crippen LogP contribution in [0, 0.1) is 0 Å². The third kappa shape index (κ3) is 5.99. The van der Waals surface area contributed by atoms with Crippen molar-refractivity contribution in [2.75, 3.05) is 0 Å². The van der Waals surface area contributed by atoms with Gasteiger partial charge >= 0.3 is 0 Å². The molecule has 0 amide bonds. The molecule has 0 atom stereocenters. The lowest BCUT2D eigenvalue weighted by Gasteiger charge is -2.09. The second kappa shape index (κ2) is 10.3. The van der Waals surface area contributed by atoms with E-state index >= 15 is 0 Å². The van der Waals surface area contributed by atoms with E-state index in [1.165, 1.54) is 22.3 Å². The molecule has 150 valence electrons. The molecule has 0 saturated heterocycles. The quantitative estimate of drug-likeness (QED) is 0.317. The smallest absolute Gasteiger partial charge is 0.119 e. The summed E-state index contributed by atoms with van der Waals surface area (Å²) in [4.78, 5) is 0. The third-order valence-corrected chi connectivity index (χ3v) is 5.05. The largest absolute Gasteiger partial charge is 0.489 e. The van der Waals surface area contributed by atoms with Crippen LogP contribution in [0.25, 0.3) is 0 Å². The molecule has 0 radical (unpaired) electrons. The number of rotatable bonds is 9. The minimum absolute atomic E-state index is 0.596. The SMILES string of the molecule is c1ccc(COc2ccc(CCc3ccc(OCc4ccccc4)cc3)cc2)cc1. The Bertz CT molecular complexity index is 921. The fourth-order valence-corrected chi connectivity index (χ4v) is 3.28. The van der Waals surface area contributed by atoms with Gasteiger partial charge in [0.1, 0.15) is 24.7 Å². The van der Waals surface area contributed by atoms with Crippen molar-refractivity contribution in [3.8, 4) is 11.5 Å². The Morgan fingerprint density at radius 3 is 1.10 bits per heavy atom. The lowest BCUT2D eigenvalue weighted by molar-refractivity contribution is 0.306. The highest BCUT2D eigenvalue weighted by Crippen LogP contribution is 2.18. The van der Waals surface area contributed by atoms with Crippen molar-refractivity contribution in [3.05, 3.63) is 131 Å². The van der Waals surface area contributed by atoms with Crippen molar-refractivity contribution < 1.29 is 9.47 Å². The van der Waals surface area contributed by atoms with Gasteiger partial charge in [0.15, 0.2) is 0 Å². The molecule has 0 aliphatic heterocycles. The maximum absolute atomic E-state index is 5.86. The summed E-state index contributed by atoms with van der Waals surface area (Å²) in [5.41, 5.74) is 4.98. The molecule has 0 aliphatic rings. The van der Waals surface area contributed by atoms with Crippen molar-refractivity contribution in [2.24, 2.45) is 0 Å². The topological polar surface area (TPSA) is 18.5 Å². The first kappa shape index (κ1) is 19.8. The summed E-state index contributed by atoms with van der Waals surface area (Å²) < 4.78 is 11.7. The summed E-state index contributed by atoms with van der Waals surface area (Å²) in [6.07, 6.45) is 2.01. The highest BCUT2D eigenvalue weighted by atomic mass is 16.5. The van der Waals surface area contributed by atoms with Crippen LogP contribution in [0.5, 0.6) is 11.5 Å². The average molecular weight is 395 g/mol. The van der Waals surface area contributed by atoms with E-state index in [1.54, 1.807) is 0 Å². The Balaban J connectivity index is 1.23. The van der Waals surface area contributed by atoms with E-state index in [4.69, 9.17) is 9.47 Å². The second-order valence-electron chi connectivity index (χ2n) is 7.34. The fraction of sp³-hybridized carbons (Fsp3) is 0.143. The van der Waals surface area contributed by atoms with Gasteiger partial charge in [-0.3, -0.25) is 0 Å². The van der Waals surface area contributed by atoms with Gasteiger partial charge in [-0.2, -0.15) is 0 Å². The van der Waals surface area contributed by atoms with Crippen LogP contribution in [0.2, 0.25) is 0 Å². The molecule has 0 fully saturated rings. The molecule has 0 N–H and O–H groups in total. The number of aryl methyl sites for hydroxylation is 2. The first-order chi connectivity index (χ1) is 14.8. The van der Waals surface area contributed by atoms with Gasteiger partial charge in [0, 0.05) is 0 Å². The van der Waals surface area contributed by atoms with Gasteiger partial charge in [0.2, 0.25) is 0 Å². The summed E-state index contributed by atoms with van der Waals surface area (Å²) >= 11 is 0. The summed E-state index contributed by atoms with van der Waals surface area (Å²) in [5.74, 6) is 1.81. The van der Waals surface area contributed by atoms with E-state index in [-0.39, 0.29) is 0 Å². The van der Waals surface area contributed by atoms with Gasteiger partial charge in [-0.25, -0.2) is 0 Å². The Labute approximate surface area is 178 Å². The van der Waals surface area contributed by atoms with Crippen molar-refractivity contribution >= 4 is 0 Å². The Morgan fingerprint density at radius 2 is 0.733 bits per heavy atom. The fourth-order valence-electron chi connectivity index (χ4n) is 3.28. The Kier molecular flexibility index (Phi) is 6.80. The summed E-state index contributed by atoms with van der Waals surface area (Å²) in [6, 6.07) is 37.3. The van der Waals surface area contributed by atoms with Crippen LogP contribution in [-0.2, 0) is 26.1 Å². The maximum Gasteiger partial charge on any atom is 0.119 e. The first-order valence-electron chi connectivity index (χ1n) is 10.4. The molecule has 2 nitrogen and oxygen atoms in total. The number of hydrogen-bond donors (Lipinski definition) is 0. The number of benzene rings is 4. The van der Waals surface area contributed by atoms with Crippen LogP contribution in [0.15, 0.2) is 109 Å². The number of ether oxygens (including phenoxy) is 2. The van der Waals surface area contributed by atoms with E-state index in [0.717, 1.165) is 24.3 Å². The molecular weight excluding hydrogens is 368 g/mol. The van der Waals surface area contributed by atoms with E-state index < -0.39 is 0 Å². The normalized spacial score (nSPS) is 10.5.